The number of ether oxygens (including phenoxy) is 1. The second-order valence-electron chi connectivity index (χ2n) is 8.80. The first-order chi connectivity index (χ1) is 12.6. The predicted molar refractivity (Wildman–Crippen MR) is 114 cm³/mol. The van der Waals surface area contributed by atoms with Gasteiger partial charge in [-0.3, -0.25) is 4.99 Å². The molecule has 3 heteroatoms. The summed E-state index contributed by atoms with van der Waals surface area (Å²) in [5, 5.41) is 12.3. The van der Waals surface area contributed by atoms with Crippen molar-refractivity contribution in [1.82, 2.24) is 0 Å². The molecule has 3 nitrogen and oxygen atoms in total. The van der Waals surface area contributed by atoms with Crippen LogP contribution in [0, 0.1) is 0 Å². The third-order valence-corrected chi connectivity index (χ3v) is 5.95. The number of fused-ring (bicyclic) bond motifs is 3. The molecule has 1 heterocycles. The minimum atomic E-state index is -0.589. The highest BCUT2D eigenvalue weighted by molar-refractivity contribution is 6.07. The molecule has 0 radical (unpaired) electrons. The summed E-state index contributed by atoms with van der Waals surface area (Å²) < 4.78 is 5.62. The summed E-state index contributed by atoms with van der Waals surface area (Å²) in [7, 11) is 1.72. The van der Waals surface area contributed by atoms with Crippen molar-refractivity contribution >= 4 is 16.5 Å². The SMILES string of the molecule is C=C(CO)C1(C)N=C(C)c2cc(C(C)(C)C)c3ccccc3c2C1COC. The highest BCUT2D eigenvalue weighted by Gasteiger charge is 2.43. The van der Waals surface area contributed by atoms with Crippen LogP contribution in [-0.2, 0) is 10.2 Å². The van der Waals surface area contributed by atoms with Gasteiger partial charge >= 0.3 is 0 Å². The summed E-state index contributed by atoms with van der Waals surface area (Å²) >= 11 is 0. The number of aliphatic hydroxyl groups is 1. The molecule has 2 aromatic carbocycles. The number of hydrogen-bond acceptors (Lipinski definition) is 3. The molecule has 2 atom stereocenters. The van der Waals surface area contributed by atoms with Gasteiger partial charge < -0.3 is 9.84 Å². The van der Waals surface area contributed by atoms with E-state index in [0.717, 1.165) is 11.3 Å². The fourth-order valence-corrected chi connectivity index (χ4v) is 4.36. The van der Waals surface area contributed by atoms with Gasteiger partial charge in [-0.2, -0.15) is 0 Å². The van der Waals surface area contributed by atoms with E-state index >= 15 is 0 Å². The lowest BCUT2D eigenvalue weighted by molar-refractivity contribution is 0.153. The van der Waals surface area contributed by atoms with Crippen molar-refractivity contribution < 1.29 is 9.84 Å². The van der Waals surface area contributed by atoms with Gasteiger partial charge in [0.05, 0.1) is 18.8 Å². The van der Waals surface area contributed by atoms with Gasteiger partial charge in [0, 0.05) is 18.7 Å². The maximum atomic E-state index is 9.83. The highest BCUT2D eigenvalue weighted by Crippen LogP contribution is 2.47. The topological polar surface area (TPSA) is 41.8 Å². The lowest BCUT2D eigenvalue weighted by Gasteiger charge is -2.41. The lowest BCUT2D eigenvalue weighted by Crippen LogP contribution is -2.41. The molecule has 1 aliphatic heterocycles. The van der Waals surface area contributed by atoms with Crippen LogP contribution in [0.25, 0.3) is 10.8 Å². The van der Waals surface area contributed by atoms with E-state index in [4.69, 9.17) is 9.73 Å². The van der Waals surface area contributed by atoms with E-state index in [1.807, 2.05) is 0 Å². The Kier molecular flexibility index (Phi) is 5.04. The minimum absolute atomic E-state index is 0.000214. The standard InChI is InChI=1S/C24H31NO2/c1-15(13-26)24(6)21(14-27-7)22-18-11-9-8-10-17(18)20(23(3,4)5)12-19(22)16(2)25-24/h8-12,21,26H,1,13-14H2,2-7H3. The number of aliphatic hydroxyl groups excluding tert-OH is 1. The van der Waals surface area contributed by atoms with Crippen molar-refractivity contribution in [3.63, 3.8) is 0 Å². The van der Waals surface area contributed by atoms with Gasteiger partial charge in [0.15, 0.2) is 0 Å². The molecule has 0 saturated heterocycles. The van der Waals surface area contributed by atoms with E-state index < -0.39 is 5.54 Å². The molecule has 1 aliphatic rings. The summed E-state index contributed by atoms with van der Waals surface area (Å²) in [5.41, 5.74) is 4.92. The lowest BCUT2D eigenvalue weighted by atomic mass is 9.69. The van der Waals surface area contributed by atoms with E-state index in [-0.39, 0.29) is 17.9 Å². The van der Waals surface area contributed by atoms with Gasteiger partial charge in [-0.25, -0.2) is 0 Å². The number of hydrogen-bond donors (Lipinski definition) is 1. The Morgan fingerprint density at radius 3 is 2.44 bits per heavy atom. The zero-order valence-electron chi connectivity index (χ0n) is 17.4. The van der Waals surface area contributed by atoms with Crippen molar-refractivity contribution in [2.75, 3.05) is 20.3 Å². The van der Waals surface area contributed by atoms with Crippen molar-refractivity contribution in [1.29, 1.82) is 0 Å². The van der Waals surface area contributed by atoms with Crippen LogP contribution >= 0.6 is 0 Å². The molecule has 0 spiro atoms. The quantitative estimate of drug-likeness (QED) is 0.775. The van der Waals surface area contributed by atoms with E-state index in [9.17, 15) is 5.11 Å². The largest absolute Gasteiger partial charge is 0.392 e. The number of rotatable bonds is 4. The summed E-state index contributed by atoms with van der Waals surface area (Å²) in [4.78, 5) is 5.03. The first-order valence-corrected chi connectivity index (χ1v) is 9.56. The molecule has 1 N–H and O–H groups in total. The van der Waals surface area contributed by atoms with Crippen LogP contribution in [0.5, 0.6) is 0 Å². The van der Waals surface area contributed by atoms with Gasteiger partial charge in [0.1, 0.15) is 0 Å². The van der Waals surface area contributed by atoms with Crippen LogP contribution in [0.1, 0.15) is 57.2 Å². The number of benzene rings is 2. The van der Waals surface area contributed by atoms with Crippen molar-refractivity contribution in [3.8, 4) is 0 Å². The van der Waals surface area contributed by atoms with Crippen molar-refractivity contribution in [2.24, 2.45) is 4.99 Å². The average molecular weight is 366 g/mol. The highest BCUT2D eigenvalue weighted by atomic mass is 16.5. The fourth-order valence-electron chi connectivity index (χ4n) is 4.36. The van der Waals surface area contributed by atoms with Crippen LogP contribution in [0.3, 0.4) is 0 Å². The molecule has 0 bridgehead atoms. The Hall–Kier alpha value is -1.97. The first-order valence-electron chi connectivity index (χ1n) is 9.56. The Morgan fingerprint density at radius 2 is 1.89 bits per heavy atom. The third kappa shape index (κ3) is 3.13. The van der Waals surface area contributed by atoms with Crippen molar-refractivity contribution in [2.45, 2.75) is 51.5 Å². The van der Waals surface area contributed by atoms with Crippen LogP contribution in [0.15, 0.2) is 47.5 Å². The number of aliphatic imine (C=N–C) groups is 1. The zero-order valence-corrected chi connectivity index (χ0v) is 17.4. The number of methoxy groups -OCH3 is 1. The van der Waals surface area contributed by atoms with Gasteiger partial charge in [0.25, 0.3) is 0 Å². The molecule has 0 saturated carbocycles. The Bertz CT molecular complexity index is 920. The molecule has 2 aromatic rings. The van der Waals surface area contributed by atoms with E-state index in [1.54, 1.807) is 7.11 Å². The molecule has 27 heavy (non-hydrogen) atoms. The molecule has 0 aromatic heterocycles. The van der Waals surface area contributed by atoms with Gasteiger partial charge in [0.2, 0.25) is 0 Å². The average Bonchev–Trinajstić information content (AvgIpc) is 2.62. The maximum absolute atomic E-state index is 9.83. The fraction of sp³-hybridized carbons (Fsp3) is 0.458. The Balaban J connectivity index is 2.43. The predicted octanol–water partition coefficient (Wildman–Crippen LogP) is 5.00. The second-order valence-corrected chi connectivity index (χ2v) is 8.80. The molecule has 0 fully saturated rings. The summed E-state index contributed by atoms with van der Waals surface area (Å²) in [6.07, 6.45) is 0. The molecule has 0 aliphatic carbocycles. The Labute approximate surface area is 162 Å². The Morgan fingerprint density at radius 1 is 1.26 bits per heavy atom. The molecule has 2 unspecified atom stereocenters. The number of nitrogens with zero attached hydrogens (tertiary/aromatic N) is 1. The molecular weight excluding hydrogens is 334 g/mol. The third-order valence-electron chi connectivity index (χ3n) is 5.95. The van der Waals surface area contributed by atoms with E-state index in [0.29, 0.717) is 6.61 Å². The van der Waals surface area contributed by atoms with Crippen LogP contribution < -0.4 is 0 Å². The van der Waals surface area contributed by atoms with Gasteiger partial charge in [-0.15, -0.1) is 0 Å². The van der Waals surface area contributed by atoms with Crippen molar-refractivity contribution in [3.05, 3.63) is 59.2 Å². The monoisotopic (exact) mass is 365 g/mol. The van der Waals surface area contributed by atoms with E-state index in [2.05, 4.69) is 71.5 Å². The van der Waals surface area contributed by atoms with E-state index in [1.165, 1.54) is 27.5 Å². The maximum Gasteiger partial charge on any atom is 0.0902 e. The normalized spacial score (nSPS) is 22.5. The first kappa shape index (κ1) is 19.8. The van der Waals surface area contributed by atoms with Gasteiger partial charge in [-0.05, 0) is 58.4 Å². The molecule has 0 amide bonds. The summed E-state index contributed by atoms with van der Waals surface area (Å²) in [6.45, 7) is 15.5. The summed E-state index contributed by atoms with van der Waals surface area (Å²) in [6, 6.07) is 10.9. The zero-order chi connectivity index (χ0) is 20.0. The summed E-state index contributed by atoms with van der Waals surface area (Å²) in [5.74, 6) is -0.000214. The van der Waals surface area contributed by atoms with Crippen LogP contribution in [0.4, 0.5) is 0 Å². The van der Waals surface area contributed by atoms with Gasteiger partial charge in [-0.1, -0.05) is 51.6 Å². The molecular formula is C24H31NO2. The smallest absolute Gasteiger partial charge is 0.0902 e. The molecule has 144 valence electrons. The second kappa shape index (κ2) is 6.88. The minimum Gasteiger partial charge on any atom is -0.392 e. The van der Waals surface area contributed by atoms with Crippen LogP contribution in [-0.4, -0.2) is 36.7 Å². The molecule has 3 rings (SSSR count). The van der Waals surface area contributed by atoms with Crippen LogP contribution in [0.2, 0.25) is 0 Å².